The van der Waals surface area contributed by atoms with Crippen LogP contribution in [0.5, 0.6) is 0 Å². The molecule has 5 rings (SSSR count). The van der Waals surface area contributed by atoms with E-state index < -0.39 is 6.04 Å². The number of amides is 1. The molecule has 1 amide bonds. The van der Waals surface area contributed by atoms with E-state index in [1.807, 2.05) is 49.5 Å². The maximum Gasteiger partial charge on any atom is 0.255 e. The van der Waals surface area contributed by atoms with Gasteiger partial charge in [-0.2, -0.15) is 0 Å². The Labute approximate surface area is 237 Å². The summed E-state index contributed by atoms with van der Waals surface area (Å²) in [6.07, 6.45) is 5.33. The number of allylic oxidation sites excluding steroid dienone is 1. The molecule has 1 atom stereocenters. The van der Waals surface area contributed by atoms with Gasteiger partial charge in [-0.25, -0.2) is 0 Å². The van der Waals surface area contributed by atoms with Crippen molar-refractivity contribution in [3.63, 3.8) is 0 Å². The predicted octanol–water partition coefficient (Wildman–Crippen LogP) is 3.74. The number of nitrogens with one attached hydrogen (secondary N) is 1. The van der Waals surface area contributed by atoms with Crippen molar-refractivity contribution < 1.29 is 14.4 Å². The minimum atomic E-state index is -0.456. The standard InChI is InChI=1S/C33H38N4O3/c1-24(34-2)3-9-31(23-39)37-21-29-17-25(8-12-32(29)33(37)40)4-5-28-19-35(20-28)18-26-13-15-36(16-14-26)30-10-6-27(22-38)7-11-30/h6-8,10-12,17,22-23,26,28,31,34H,1,3,9,13-16,18-21H2,2H3. The van der Waals surface area contributed by atoms with E-state index in [-0.39, 0.29) is 5.91 Å². The van der Waals surface area contributed by atoms with E-state index in [0.717, 1.165) is 67.7 Å². The fraction of sp³-hybridized carbons (Fsp3) is 0.424. The van der Waals surface area contributed by atoms with Crippen LogP contribution in [0.15, 0.2) is 54.7 Å². The number of aldehydes is 2. The minimum absolute atomic E-state index is 0.0852. The van der Waals surface area contributed by atoms with E-state index in [9.17, 15) is 14.4 Å². The number of carbonyl (C=O) groups is 3. The molecule has 1 N–H and O–H groups in total. The van der Waals surface area contributed by atoms with E-state index >= 15 is 0 Å². The van der Waals surface area contributed by atoms with Crippen LogP contribution in [0.1, 0.15) is 57.5 Å². The van der Waals surface area contributed by atoms with Crippen LogP contribution in [0, 0.1) is 23.7 Å². The number of nitrogens with zero attached hydrogens (tertiary/aromatic N) is 3. The van der Waals surface area contributed by atoms with Gasteiger partial charge in [-0.05, 0) is 79.6 Å². The smallest absolute Gasteiger partial charge is 0.255 e. The molecule has 7 heteroatoms. The third-order valence-electron chi connectivity index (χ3n) is 8.49. The van der Waals surface area contributed by atoms with Gasteiger partial charge < -0.3 is 24.8 Å². The lowest BCUT2D eigenvalue weighted by Crippen LogP contribution is -2.49. The van der Waals surface area contributed by atoms with Gasteiger partial charge >= 0.3 is 0 Å². The highest BCUT2D eigenvalue weighted by Gasteiger charge is 2.33. The SMILES string of the molecule is C=C(CCC(C=O)N1Cc2cc(C#CC3CN(CC4CCN(c5ccc(C=O)cc5)CC4)C3)ccc2C1=O)NC. The zero-order chi connectivity index (χ0) is 28.1. The second-order valence-corrected chi connectivity index (χ2v) is 11.2. The van der Waals surface area contributed by atoms with Crippen molar-refractivity contribution in [2.45, 2.75) is 38.3 Å². The summed E-state index contributed by atoms with van der Waals surface area (Å²) in [5, 5.41) is 2.99. The predicted molar refractivity (Wildman–Crippen MR) is 157 cm³/mol. The Hall–Kier alpha value is -3.89. The van der Waals surface area contributed by atoms with E-state index in [0.29, 0.717) is 36.8 Å². The van der Waals surface area contributed by atoms with Crippen molar-refractivity contribution in [2.24, 2.45) is 11.8 Å². The minimum Gasteiger partial charge on any atom is -0.392 e. The number of rotatable bonds is 10. The van der Waals surface area contributed by atoms with Crippen molar-refractivity contribution in [3.05, 3.63) is 77.0 Å². The molecule has 40 heavy (non-hydrogen) atoms. The van der Waals surface area contributed by atoms with Crippen LogP contribution < -0.4 is 10.2 Å². The summed E-state index contributed by atoms with van der Waals surface area (Å²) in [7, 11) is 1.81. The Morgan fingerprint density at radius 2 is 1.88 bits per heavy atom. The molecule has 3 aliphatic heterocycles. The quantitative estimate of drug-likeness (QED) is 0.367. The van der Waals surface area contributed by atoms with Gasteiger partial charge in [-0.15, -0.1) is 0 Å². The van der Waals surface area contributed by atoms with Gasteiger partial charge in [0.1, 0.15) is 12.6 Å². The summed E-state index contributed by atoms with van der Waals surface area (Å²) in [6, 6.07) is 13.2. The number of anilines is 1. The average Bonchev–Trinajstić information content (AvgIpc) is 3.30. The van der Waals surface area contributed by atoms with Gasteiger partial charge in [0.2, 0.25) is 0 Å². The Kier molecular flexibility index (Phi) is 8.66. The first-order valence-corrected chi connectivity index (χ1v) is 14.3. The fourth-order valence-electron chi connectivity index (χ4n) is 5.93. The molecule has 2 aromatic carbocycles. The Balaban J connectivity index is 1.07. The van der Waals surface area contributed by atoms with Gasteiger partial charge in [0.15, 0.2) is 0 Å². The number of piperidine rings is 1. The van der Waals surface area contributed by atoms with Gasteiger partial charge in [0, 0.05) is 80.3 Å². The Bertz CT molecular complexity index is 1310. The molecule has 0 spiro atoms. The molecule has 2 saturated heterocycles. The summed E-state index contributed by atoms with van der Waals surface area (Å²) in [6.45, 7) is 9.62. The zero-order valence-corrected chi connectivity index (χ0v) is 23.3. The normalized spacial score (nSPS) is 18.4. The van der Waals surface area contributed by atoms with Crippen LogP contribution in [0.25, 0.3) is 0 Å². The summed E-state index contributed by atoms with van der Waals surface area (Å²) < 4.78 is 0. The molecule has 2 fully saturated rings. The summed E-state index contributed by atoms with van der Waals surface area (Å²) in [4.78, 5) is 42.2. The summed E-state index contributed by atoms with van der Waals surface area (Å²) >= 11 is 0. The molecule has 3 aliphatic rings. The van der Waals surface area contributed by atoms with Crippen LogP contribution in [0.2, 0.25) is 0 Å². The topological polar surface area (TPSA) is 73.0 Å². The van der Waals surface area contributed by atoms with Crippen LogP contribution in [0.4, 0.5) is 5.69 Å². The van der Waals surface area contributed by atoms with Crippen LogP contribution in [0.3, 0.4) is 0 Å². The molecular formula is C33H38N4O3. The molecule has 1 unspecified atom stereocenters. The molecule has 0 bridgehead atoms. The van der Waals surface area contributed by atoms with Crippen molar-refractivity contribution in [3.8, 4) is 11.8 Å². The largest absolute Gasteiger partial charge is 0.392 e. The zero-order valence-electron chi connectivity index (χ0n) is 23.3. The lowest BCUT2D eigenvalue weighted by Gasteiger charge is -2.41. The number of likely N-dealkylation sites (tertiary alicyclic amines) is 1. The summed E-state index contributed by atoms with van der Waals surface area (Å²) in [5.74, 6) is 7.76. The fourth-order valence-corrected chi connectivity index (χ4v) is 5.93. The highest BCUT2D eigenvalue weighted by Crippen LogP contribution is 2.28. The Morgan fingerprint density at radius 3 is 2.55 bits per heavy atom. The third kappa shape index (κ3) is 6.29. The van der Waals surface area contributed by atoms with Gasteiger partial charge in [-0.3, -0.25) is 9.59 Å². The molecule has 0 radical (unpaired) electrons. The van der Waals surface area contributed by atoms with E-state index in [4.69, 9.17) is 0 Å². The number of fused-ring (bicyclic) bond motifs is 1. The highest BCUT2D eigenvalue weighted by molar-refractivity contribution is 5.99. The van der Waals surface area contributed by atoms with Crippen LogP contribution in [-0.4, -0.2) is 74.1 Å². The molecular weight excluding hydrogens is 500 g/mol. The molecule has 7 nitrogen and oxygen atoms in total. The molecule has 2 aromatic rings. The van der Waals surface area contributed by atoms with E-state index in [2.05, 4.69) is 33.5 Å². The van der Waals surface area contributed by atoms with Gasteiger partial charge in [0.05, 0.1) is 6.04 Å². The van der Waals surface area contributed by atoms with Crippen molar-refractivity contribution in [1.29, 1.82) is 0 Å². The first-order chi connectivity index (χ1) is 19.5. The van der Waals surface area contributed by atoms with E-state index in [1.165, 1.54) is 18.5 Å². The first-order valence-electron chi connectivity index (χ1n) is 14.3. The molecule has 0 aliphatic carbocycles. The number of hydrogen-bond donors (Lipinski definition) is 1. The lowest BCUT2D eigenvalue weighted by molar-refractivity contribution is -0.112. The second kappa shape index (κ2) is 12.5. The van der Waals surface area contributed by atoms with Crippen molar-refractivity contribution in [2.75, 3.05) is 44.7 Å². The third-order valence-corrected chi connectivity index (χ3v) is 8.49. The van der Waals surface area contributed by atoms with Crippen LogP contribution in [-0.2, 0) is 11.3 Å². The van der Waals surface area contributed by atoms with Crippen LogP contribution >= 0.6 is 0 Å². The molecule has 0 aromatic heterocycles. The maximum atomic E-state index is 12.9. The average molecular weight is 539 g/mol. The molecule has 208 valence electrons. The number of hydrogen-bond acceptors (Lipinski definition) is 6. The maximum absolute atomic E-state index is 12.9. The second-order valence-electron chi connectivity index (χ2n) is 11.2. The lowest BCUT2D eigenvalue weighted by atomic mass is 9.92. The molecule has 0 saturated carbocycles. The highest BCUT2D eigenvalue weighted by atomic mass is 16.2. The number of benzene rings is 2. The number of carbonyl (C=O) groups excluding carboxylic acids is 3. The first kappa shape index (κ1) is 27.7. The Morgan fingerprint density at radius 1 is 1.12 bits per heavy atom. The van der Waals surface area contributed by atoms with Gasteiger partial charge in [0.25, 0.3) is 5.91 Å². The van der Waals surface area contributed by atoms with E-state index in [1.54, 1.807) is 4.90 Å². The molecule has 3 heterocycles. The van der Waals surface area contributed by atoms with Crippen molar-refractivity contribution in [1.82, 2.24) is 15.1 Å². The van der Waals surface area contributed by atoms with Gasteiger partial charge in [-0.1, -0.05) is 18.4 Å². The van der Waals surface area contributed by atoms with Crippen molar-refractivity contribution >= 4 is 24.2 Å². The summed E-state index contributed by atoms with van der Waals surface area (Å²) in [5.41, 5.74) is 5.31. The monoisotopic (exact) mass is 538 g/mol.